The Morgan fingerprint density at radius 3 is 2.64 bits per heavy atom. The number of rotatable bonds is 7. The number of carbonyl (C=O) groups excluding carboxylic acids is 3. The first-order chi connectivity index (χ1) is 13.5. The number of benzene rings is 1. The summed E-state index contributed by atoms with van der Waals surface area (Å²) in [6.45, 7) is 4.08. The van der Waals surface area contributed by atoms with E-state index >= 15 is 0 Å². The van der Waals surface area contributed by atoms with E-state index in [2.05, 4.69) is 15.2 Å². The molecule has 1 aliphatic rings. The number of aromatic nitrogens is 1. The standard InChI is InChI=1S/C20H26N4O4/c1-2-28-20(27)18-17(14-5-3-4-6-15(14)22-18)23-16(25)9-12-24-10-7-13(8-11-24)19(21)26/h3-6,13,22H,2,7-12H2,1H3,(H2,21,26)(H,23,25). The number of esters is 1. The predicted octanol–water partition coefficient (Wildman–Crippen LogP) is 1.87. The molecule has 28 heavy (non-hydrogen) atoms. The van der Waals surface area contributed by atoms with Crippen molar-refractivity contribution >= 4 is 34.4 Å². The Bertz CT molecular complexity index is 868. The fourth-order valence-electron chi connectivity index (χ4n) is 3.53. The normalized spacial score (nSPS) is 15.5. The van der Waals surface area contributed by atoms with Crippen molar-refractivity contribution in [3.05, 3.63) is 30.0 Å². The molecular weight excluding hydrogens is 360 g/mol. The maximum absolute atomic E-state index is 12.5. The molecule has 3 rings (SSSR count). The number of likely N-dealkylation sites (tertiary alicyclic amines) is 1. The van der Waals surface area contributed by atoms with Gasteiger partial charge in [0.1, 0.15) is 5.69 Å². The molecule has 8 nitrogen and oxygen atoms in total. The molecule has 150 valence electrons. The van der Waals surface area contributed by atoms with Gasteiger partial charge in [0.05, 0.1) is 12.3 Å². The SMILES string of the molecule is CCOC(=O)c1[nH]c2ccccc2c1NC(=O)CCN1CCC(C(N)=O)CC1. The molecule has 1 aliphatic heterocycles. The maximum Gasteiger partial charge on any atom is 0.356 e. The molecule has 1 aromatic carbocycles. The van der Waals surface area contributed by atoms with Gasteiger partial charge in [-0.15, -0.1) is 0 Å². The van der Waals surface area contributed by atoms with Crippen LogP contribution in [0.2, 0.25) is 0 Å². The highest BCUT2D eigenvalue weighted by Crippen LogP contribution is 2.28. The van der Waals surface area contributed by atoms with Crippen molar-refractivity contribution in [1.29, 1.82) is 0 Å². The van der Waals surface area contributed by atoms with Crippen LogP contribution in [0.4, 0.5) is 5.69 Å². The third-order valence-electron chi connectivity index (χ3n) is 5.10. The van der Waals surface area contributed by atoms with E-state index in [1.807, 2.05) is 24.3 Å². The van der Waals surface area contributed by atoms with Crippen LogP contribution in [0.5, 0.6) is 0 Å². The van der Waals surface area contributed by atoms with Crippen molar-refractivity contribution in [2.45, 2.75) is 26.2 Å². The number of ether oxygens (including phenoxy) is 1. The highest BCUT2D eigenvalue weighted by Gasteiger charge is 2.24. The zero-order chi connectivity index (χ0) is 20.1. The number of para-hydroxylation sites is 1. The summed E-state index contributed by atoms with van der Waals surface area (Å²) in [5, 5.41) is 3.63. The molecule has 4 N–H and O–H groups in total. The number of anilines is 1. The van der Waals surface area contributed by atoms with Crippen LogP contribution < -0.4 is 11.1 Å². The molecule has 0 unspecified atom stereocenters. The van der Waals surface area contributed by atoms with E-state index in [1.54, 1.807) is 6.92 Å². The molecule has 2 heterocycles. The van der Waals surface area contributed by atoms with Crippen LogP contribution >= 0.6 is 0 Å². The number of nitrogens with one attached hydrogen (secondary N) is 2. The first-order valence-corrected chi connectivity index (χ1v) is 9.59. The minimum atomic E-state index is -0.498. The quantitative estimate of drug-likeness (QED) is 0.628. The first kappa shape index (κ1) is 19.9. The molecule has 2 aromatic rings. The number of nitrogens with two attached hydrogens (primary N) is 1. The average Bonchev–Trinajstić information content (AvgIpc) is 3.05. The lowest BCUT2D eigenvalue weighted by molar-refractivity contribution is -0.123. The summed E-state index contributed by atoms with van der Waals surface area (Å²) in [4.78, 5) is 41.2. The van der Waals surface area contributed by atoms with Crippen molar-refractivity contribution in [3.63, 3.8) is 0 Å². The Morgan fingerprint density at radius 2 is 1.96 bits per heavy atom. The summed E-state index contributed by atoms with van der Waals surface area (Å²) in [5.41, 5.74) is 6.81. The number of piperidine rings is 1. The van der Waals surface area contributed by atoms with E-state index in [-0.39, 0.29) is 30.0 Å². The van der Waals surface area contributed by atoms with Gasteiger partial charge in [-0.2, -0.15) is 0 Å². The lowest BCUT2D eigenvalue weighted by Gasteiger charge is -2.30. The number of H-pyrrole nitrogens is 1. The lowest BCUT2D eigenvalue weighted by Crippen LogP contribution is -2.39. The number of fused-ring (bicyclic) bond motifs is 1. The number of amides is 2. The van der Waals surface area contributed by atoms with Gasteiger partial charge in [-0.1, -0.05) is 18.2 Å². The zero-order valence-corrected chi connectivity index (χ0v) is 16.0. The van der Waals surface area contributed by atoms with Crippen LogP contribution in [-0.4, -0.2) is 53.9 Å². The predicted molar refractivity (Wildman–Crippen MR) is 106 cm³/mol. The molecular formula is C20H26N4O4. The minimum Gasteiger partial charge on any atom is -0.461 e. The summed E-state index contributed by atoms with van der Waals surface area (Å²) in [7, 11) is 0. The molecule has 8 heteroatoms. The van der Waals surface area contributed by atoms with E-state index in [1.165, 1.54) is 0 Å². The highest BCUT2D eigenvalue weighted by atomic mass is 16.5. The number of hydrogen-bond donors (Lipinski definition) is 3. The second kappa shape index (κ2) is 8.88. The Hall–Kier alpha value is -2.87. The van der Waals surface area contributed by atoms with Gasteiger partial charge in [0.25, 0.3) is 0 Å². The van der Waals surface area contributed by atoms with Gasteiger partial charge >= 0.3 is 5.97 Å². The van der Waals surface area contributed by atoms with Crippen molar-refractivity contribution in [1.82, 2.24) is 9.88 Å². The topological polar surface area (TPSA) is 118 Å². The van der Waals surface area contributed by atoms with Gasteiger partial charge in [-0.05, 0) is 38.9 Å². The zero-order valence-electron chi connectivity index (χ0n) is 16.0. The van der Waals surface area contributed by atoms with E-state index in [0.717, 1.165) is 36.8 Å². The van der Waals surface area contributed by atoms with Crippen LogP contribution in [0.1, 0.15) is 36.7 Å². The third kappa shape index (κ3) is 4.51. The van der Waals surface area contributed by atoms with E-state index in [0.29, 0.717) is 18.7 Å². The van der Waals surface area contributed by atoms with Gasteiger partial charge in [0.15, 0.2) is 0 Å². The summed E-state index contributed by atoms with van der Waals surface area (Å²) in [6.07, 6.45) is 1.75. The van der Waals surface area contributed by atoms with Crippen molar-refractivity contribution in [2.24, 2.45) is 11.7 Å². The molecule has 1 fully saturated rings. The van der Waals surface area contributed by atoms with Gasteiger partial charge in [-0.3, -0.25) is 9.59 Å². The Morgan fingerprint density at radius 1 is 1.25 bits per heavy atom. The largest absolute Gasteiger partial charge is 0.461 e. The summed E-state index contributed by atoms with van der Waals surface area (Å²) in [6, 6.07) is 7.40. The van der Waals surface area contributed by atoms with E-state index in [9.17, 15) is 14.4 Å². The molecule has 0 spiro atoms. The van der Waals surface area contributed by atoms with Crippen molar-refractivity contribution < 1.29 is 19.1 Å². The number of aromatic amines is 1. The van der Waals surface area contributed by atoms with Crippen LogP contribution in [0.25, 0.3) is 10.9 Å². The molecule has 0 atom stereocenters. The van der Waals surface area contributed by atoms with Crippen LogP contribution in [0, 0.1) is 5.92 Å². The monoisotopic (exact) mass is 386 g/mol. The highest BCUT2D eigenvalue weighted by molar-refractivity contribution is 6.10. The van der Waals surface area contributed by atoms with Gasteiger partial charge in [0.2, 0.25) is 11.8 Å². The van der Waals surface area contributed by atoms with Gasteiger partial charge < -0.3 is 25.7 Å². The fraction of sp³-hybridized carbons (Fsp3) is 0.450. The molecule has 1 saturated heterocycles. The second-order valence-electron chi connectivity index (χ2n) is 6.96. The Kier molecular flexibility index (Phi) is 6.30. The summed E-state index contributed by atoms with van der Waals surface area (Å²) >= 11 is 0. The van der Waals surface area contributed by atoms with Crippen LogP contribution in [-0.2, 0) is 14.3 Å². The van der Waals surface area contributed by atoms with Gasteiger partial charge in [0, 0.05) is 29.8 Å². The fourth-order valence-corrected chi connectivity index (χ4v) is 3.53. The summed E-state index contributed by atoms with van der Waals surface area (Å²) in [5.74, 6) is -0.985. The number of primary amides is 1. The van der Waals surface area contributed by atoms with Crippen LogP contribution in [0.15, 0.2) is 24.3 Å². The Labute approximate surface area is 163 Å². The van der Waals surface area contributed by atoms with Gasteiger partial charge in [-0.25, -0.2) is 4.79 Å². The number of nitrogens with zero attached hydrogens (tertiary/aromatic N) is 1. The van der Waals surface area contributed by atoms with Crippen molar-refractivity contribution in [3.8, 4) is 0 Å². The minimum absolute atomic E-state index is 0.0663. The van der Waals surface area contributed by atoms with Crippen molar-refractivity contribution in [2.75, 3.05) is 31.6 Å². The molecule has 1 aromatic heterocycles. The number of carbonyl (C=O) groups is 3. The molecule has 0 bridgehead atoms. The summed E-state index contributed by atoms with van der Waals surface area (Å²) < 4.78 is 5.10. The smallest absolute Gasteiger partial charge is 0.356 e. The Balaban J connectivity index is 1.64. The average molecular weight is 386 g/mol. The lowest BCUT2D eigenvalue weighted by atomic mass is 9.96. The third-order valence-corrected chi connectivity index (χ3v) is 5.10. The molecule has 2 amide bonds. The number of hydrogen-bond acceptors (Lipinski definition) is 5. The van der Waals surface area contributed by atoms with E-state index < -0.39 is 5.97 Å². The van der Waals surface area contributed by atoms with Crippen LogP contribution in [0.3, 0.4) is 0 Å². The second-order valence-corrected chi connectivity index (χ2v) is 6.96. The molecule has 0 saturated carbocycles. The van der Waals surface area contributed by atoms with E-state index in [4.69, 9.17) is 10.5 Å². The molecule has 0 aliphatic carbocycles. The first-order valence-electron chi connectivity index (χ1n) is 9.59. The molecule has 0 radical (unpaired) electrons. The maximum atomic E-state index is 12.5.